The first-order valence-electron chi connectivity index (χ1n) is 10.0. The number of benzene rings is 1. The number of halogens is 2. The number of thiocarbonyl (C=S) groups is 1. The van der Waals surface area contributed by atoms with E-state index in [1.54, 1.807) is 0 Å². The van der Waals surface area contributed by atoms with Gasteiger partial charge in [0.25, 0.3) is 0 Å². The van der Waals surface area contributed by atoms with E-state index in [2.05, 4.69) is 52.7 Å². The van der Waals surface area contributed by atoms with E-state index in [-0.39, 0.29) is 12.1 Å². The largest absolute Gasteiger partial charge is 0.352 e. The monoisotopic (exact) mass is 458 g/mol. The second-order valence-corrected chi connectivity index (χ2v) is 8.73. The number of hydrogen-bond acceptors (Lipinski definition) is 2. The van der Waals surface area contributed by atoms with Crippen LogP contribution in [0.5, 0.6) is 0 Å². The van der Waals surface area contributed by atoms with E-state index < -0.39 is 0 Å². The van der Waals surface area contributed by atoms with Crippen LogP contribution in [0.4, 0.5) is 0 Å². The summed E-state index contributed by atoms with van der Waals surface area (Å²) >= 11 is 18.6. The first kappa shape index (κ1) is 21.2. The Bertz CT molecular complexity index is 1080. The lowest BCUT2D eigenvalue weighted by Crippen LogP contribution is -2.30. The average Bonchev–Trinajstić information content (AvgIpc) is 3.21. The highest BCUT2D eigenvalue weighted by Crippen LogP contribution is 2.42. The quantitative estimate of drug-likeness (QED) is 0.462. The van der Waals surface area contributed by atoms with Crippen molar-refractivity contribution in [1.29, 1.82) is 0 Å². The fourth-order valence-electron chi connectivity index (χ4n) is 4.35. The van der Waals surface area contributed by atoms with Gasteiger partial charge in [-0.2, -0.15) is 0 Å². The Morgan fingerprint density at radius 3 is 2.63 bits per heavy atom. The Hall–Kier alpha value is -2.08. The third kappa shape index (κ3) is 3.59. The van der Waals surface area contributed by atoms with E-state index in [1.807, 2.05) is 36.5 Å². The molecule has 0 aliphatic carbocycles. The van der Waals surface area contributed by atoms with E-state index >= 15 is 0 Å². The molecular formula is C23H24Cl2N4S. The molecule has 3 aromatic rings. The molecule has 0 amide bonds. The topological polar surface area (TPSA) is 33.1 Å². The lowest BCUT2D eigenvalue weighted by molar-refractivity contribution is 0.316. The molecule has 30 heavy (non-hydrogen) atoms. The fraction of sp³-hybridized carbons (Fsp3) is 0.304. The third-order valence-corrected chi connectivity index (χ3v) is 6.78. The van der Waals surface area contributed by atoms with Crippen LogP contribution < -0.4 is 5.32 Å². The summed E-state index contributed by atoms with van der Waals surface area (Å²) in [6.07, 6.45) is 2.83. The van der Waals surface area contributed by atoms with E-state index in [9.17, 15) is 0 Å². The Morgan fingerprint density at radius 2 is 1.93 bits per heavy atom. The van der Waals surface area contributed by atoms with Gasteiger partial charge in [-0.3, -0.25) is 4.98 Å². The Kier molecular flexibility index (Phi) is 6.05. The van der Waals surface area contributed by atoms with E-state index in [4.69, 9.17) is 35.4 Å². The average molecular weight is 459 g/mol. The van der Waals surface area contributed by atoms with Gasteiger partial charge in [0.1, 0.15) is 0 Å². The van der Waals surface area contributed by atoms with Crippen LogP contribution in [0.15, 0.2) is 48.7 Å². The van der Waals surface area contributed by atoms with Crippen LogP contribution in [0.1, 0.15) is 48.1 Å². The number of hydrogen-bond donors (Lipinski definition) is 1. The smallest absolute Gasteiger partial charge is 0.170 e. The van der Waals surface area contributed by atoms with Crippen LogP contribution in [-0.4, -0.2) is 26.1 Å². The molecule has 0 bridgehead atoms. The zero-order valence-electron chi connectivity index (χ0n) is 17.2. The van der Waals surface area contributed by atoms with Crippen molar-refractivity contribution in [1.82, 2.24) is 19.8 Å². The lowest BCUT2D eigenvalue weighted by atomic mass is 9.96. The predicted octanol–water partition coefficient (Wildman–Crippen LogP) is 6.18. The molecule has 156 valence electrons. The molecule has 4 rings (SSSR count). The molecule has 1 N–H and O–H groups in total. The van der Waals surface area contributed by atoms with Crippen molar-refractivity contribution in [3.05, 3.63) is 81.4 Å². The molecule has 1 saturated heterocycles. The van der Waals surface area contributed by atoms with Gasteiger partial charge in [0.05, 0.1) is 33.5 Å². The summed E-state index contributed by atoms with van der Waals surface area (Å²) in [5.41, 5.74) is 5.29. The highest BCUT2D eigenvalue weighted by atomic mass is 35.5. The SMILES string of the molecule is CCCN1C(=S)NC(c2ccccn2)C1c1cc(C)n(-c2cccc(Cl)c2Cl)c1C. The van der Waals surface area contributed by atoms with Crippen molar-refractivity contribution in [2.45, 2.75) is 39.3 Å². The molecule has 4 nitrogen and oxygen atoms in total. The number of nitrogens with one attached hydrogen (secondary N) is 1. The van der Waals surface area contributed by atoms with Crippen LogP contribution in [0.25, 0.3) is 5.69 Å². The summed E-state index contributed by atoms with van der Waals surface area (Å²) in [6, 6.07) is 14.0. The van der Waals surface area contributed by atoms with Crippen LogP contribution >= 0.6 is 35.4 Å². The van der Waals surface area contributed by atoms with Crippen LogP contribution in [0, 0.1) is 13.8 Å². The molecule has 1 aliphatic heterocycles. The van der Waals surface area contributed by atoms with Crippen LogP contribution in [-0.2, 0) is 0 Å². The van der Waals surface area contributed by atoms with Gasteiger partial charge in [-0.1, -0.05) is 42.3 Å². The standard InChI is InChI=1S/C23H24Cl2N4S/c1-4-12-28-22(21(27-23(28)30)18-9-5-6-11-26-18)16-13-14(2)29(15(16)3)19-10-7-8-17(24)20(19)25/h5-11,13,21-22H,4,12H2,1-3H3,(H,27,30). The number of pyridine rings is 1. The van der Waals surface area contributed by atoms with E-state index in [1.165, 1.54) is 5.56 Å². The number of aromatic nitrogens is 2. The van der Waals surface area contributed by atoms with Gasteiger partial charge in [-0.15, -0.1) is 0 Å². The lowest BCUT2D eigenvalue weighted by Gasteiger charge is -2.28. The molecule has 7 heteroatoms. The summed E-state index contributed by atoms with van der Waals surface area (Å²) in [7, 11) is 0. The molecule has 0 spiro atoms. The second kappa shape index (κ2) is 8.58. The van der Waals surface area contributed by atoms with Crippen molar-refractivity contribution < 1.29 is 0 Å². The van der Waals surface area contributed by atoms with E-state index in [0.29, 0.717) is 10.0 Å². The zero-order chi connectivity index (χ0) is 21.4. The van der Waals surface area contributed by atoms with Crippen molar-refractivity contribution in [2.24, 2.45) is 0 Å². The molecule has 2 atom stereocenters. The Labute approximate surface area is 192 Å². The molecule has 2 aromatic heterocycles. The highest BCUT2D eigenvalue weighted by molar-refractivity contribution is 7.80. The normalized spacial score (nSPS) is 18.7. The Morgan fingerprint density at radius 1 is 1.13 bits per heavy atom. The fourth-order valence-corrected chi connectivity index (χ4v) is 5.06. The first-order chi connectivity index (χ1) is 14.4. The molecule has 2 unspecified atom stereocenters. The number of nitrogens with zero attached hydrogens (tertiary/aromatic N) is 3. The minimum Gasteiger partial charge on any atom is -0.352 e. The van der Waals surface area contributed by atoms with Crippen molar-refractivity contribution in [3.63, 3.8) is 0 Å². The number of aryl methyl sites for hydroxylation is 1. The van der Waals surface area contributed by atoms with Crippen molar-refractivity contribution >= 4 is 40.5 Å². The molecule has 0 radical (unpaired) electrons. The maximum Gasteiger partial charge on any atom is 0.170 e. The molecule has 1 aliphatic rings. The minimum absolute atomic E-state index is 0.0194. The summed E-state index contributed by atoms with van der Waals surface area (Å²) in [4.78, 5) is 6.89. The maximum atomic E-state index is 6.56. The highest BCUT2D eigenvalue weighted by Gasteiger charge is 2.41. The van der Waals surface area contributed by atoms with Gasteiger partial charge < -0.3 is 14.8 Å². The summed E-state index contributed by atoms with van der Waals surface area (Å²) in [5, 5.41) is 5.38. The first-order valence-corrected chi connectivity index (χ1v) is 11.2. The van der Waals surface area contributed by atoms with Gasteiger partial charge >= 0.3 is 0 Å². The third-order valence-electron chi connectivity index (χ3n) is 5.62. The summed E-state index contributed by atoms with van der Waals surface area (Å²) < 4.78 is 2.17. The van der Waals surface area contributed by atoms with Crippen LogP contribution in [0.2, 0.25) is 10.0 Å². The molecule has 0 saturated carbocycles. The summed E-state index contributed by atoms with van der Waals surface area (Å²) in [6.45, 7) is 7.26. The van der Waals surface area contributed by atoms with E-state index in [0.717, 1.165) is 40.8 Å². The summed E-state index contributed by atoms with van der Waals surface area (Å²) in [5.74, 6) is 0. The number of rotatable bonds is 5. The Balaban J connectivity index is 1.86. The molecular weight excluding hydrogens is 435 g/mol. The van der Waals surface area contributed by atoms with Gasteiger partial charge in [0, 0.05) is 24.1 Å². The maximum absolute atomic E-state index is 6.56. The van der Waals surface area contributed by atoms with Gasteiger partial charge in [-0.05, 0) is 68.4 Å². The predicted molar refractivity (Wildman–Crippen MR) is 128 cm³/mol. The molecule has 3 heterocycles. The van der Waals surface area contributed by atoms with Crippen LogP contribution in [0.3, 0.4) is 0 Å². The minimum atomic E-state index is -0.0194. The van der Waals surface area contributed by atoms with Gasteiger partial charge in [-0.25, -0.2) is 0 Å². The van der Waals surface area contributed by atoms with Gasteiger partial charge in [0.15, 0.2) is 5.11 Å². The zero-order valence-corrected chi connectivity index (χ0v) is 19.5. The molecule has 1 aromatic carbocycles. The molecule has 1 fully saturated rings. The van der Waals surface area contributed by atoms with Crippen molar-refractivity contribution in [2.75, 3.05) is 6.54 Å². The van der Waals surface area contributed by atoms with Crippen molar-refractivity contribution in [3.8, 4) is 5.69 Å². The van der Waals surface area contributed by atoms with Gasteiger partial charge in [0.2, 0.25) is 0 Å². The second-order valence-electron chi connectivity index (χ2n) is 7.55.